The van der Waals surface area contributed by atoms with Crippen LogP contribution in [0.3, 0.4) is 0 Å². The van der Waals surface area contributed by atoms with Gasteiger partial charge >= 0.3 is 12.6 Å². The summed E-state index contributed by atoms with van der Waals surface area (Å²) in [6.07, 6.45) is 8.54. The van der Waals surface area contributed by atoms with Crippen molar-refractivity contribution in [3.8, 4) is 0 Å². The Morgan fingerprint density at radius 2 is 1.60 bits per heavy atom. The number of esters is 1. The van der Waals surface area contributed by atoms with Gasteiger partial charge in [-0.2, -0.15) is 8.78 Å². The van der Waals surface area contributed by atoms with Crippen LogP contribution in [0.15, 0.2) is 47.6 Å². The van der Waals surface area contributed by atoms with Crippen LogP contribution in [-0.4, -0.2) is 159 Å². The Morgan fingerprint density at radius 3 is 2.29 bits per heavy atom. The number of rotatable bonds is 11. The van der Waals surface area contributed by atoms with E-state index in [1.54, 1.807) is 33.8 Å². The topological polar surface area (TPSA) is 203 Å². The number of alkyl halides is 2. The number of aliphatic hydroxyl groups is 2. The molecule has 2 N–H and O–H groups in total. The summed E-state index contributed by atoms with van der Waals surface area (Å²) in [5.41, 5.74) is 1.19. The number of piperidine rings is 1. The van der Waals surface area contributed by atoms with E-state index in [-0.39, 0.29) is 61.9 Å². The summed E-state index contributed by atoms with van der Waals surface area (Å²) in [4.78, 5) is 72.9. The summed E-state index contributed by atoms with van der Waals surface area (Å²) >= 11 is 0. The highest BCUT2D eigenvalue weighted by Gasteiger charge is 2.57. The number of hydrogen-bond acceptors (Lipinski definition) is 15. The van der Waals surface area contributed by atoms with Crippen LogP contribution < -0.4 is 0 Å². The van der Waals surface area contributed by atoms with Crippen molar-refractivity contribution < 1.29 is 80.9 Å². The molecule has 0 radical (unpaired) electrons. The Bertz CT molecular complexity index is 2020. The van der Waals surface area contributed by atoms with E-state index in [0.29, 0.717) is 76.8 Å². The smallest absolute Gasteiger partial charge is 0.345 e. The second-order valence-electron chi connectivity index (χ2n) is 21.5. The van der Waals surface area contributed by atoms with E-state index < -0.39 is 108 Å². The largest absolute Gasteiger partial charge is 0.460 e. The van der Waals surface area contributed by atoms with E-state index in [4.69, 9.17) is 37.9 Å². The molecule has 5 aliphatic heterocycles. The van der Waals surface area contributed by atoms with Crippen molar-refractivity contribution in [3.05, 3.63) is 47.6 Å². The van der Waals surface area contributed by atoms with Crippen molar-refractivity contribution in [2.75, 3.05) is 47.2 Å². The second kappa shape index (κ2) is 26.9. The Labute approximate surface area is 429 Å². The van der Waals surface area contributed by atoms with Gasteiger partial charge in [0, 0.05) is 57.3 Å². The first-order valence-electron chi connectivity index (χ1n) is 26.5. The molecule has 410 valence electrons. The number of allylic oxidation sites excluding steroid dienone is 6. The monoisotopic (exact) mass is 1030 g/mol. The number of ketones is 3. The van der Waals surface area contributed by atoms with Gasteiger partial charge in [-0.25, -0.2) is 4.79 Å². The van der Waals surface area contributed by atoms with Crippen LogP contribution in [-0.2, 0) is 61.9 Å². The number of carbonyl (C=O) groups is 5. The minimum atomic E-state index is -2.98. The van der Waals surface area contributed by atoms with Crippen molar-refractivity contribution in [3.63, 3.8) is 0 Å². The molecule has 0 spiro atoms. The van der Waals surface area contributed by atoms with Crippen LogP contribution in [0.4, 0.5) is 8.78 Å². The number of carbonyl (C=O) groups excluding carboxylic acids is 5. The van der Waals surface area contributed by atoms with Gasteiger partial charge in [-0.05, 0) is 101 Å². The van der Waals surface area contributed by atoms with Crippen molar-refractivity contribution in [1.82, 2.24) is 4.90 Å². The zero-order valence-electron chi connectivity index (χ0n) is 44.0. The van der Waals surface area contributed by atoms with E-state index >= 15 is 0 Å². The lowest BCUT2D eigenvalue weighted by Crippen LogP contribution is -2.65. The number of ether oxygens (including phenoxy) is 8. The predicted octanol–water partition coefficient (Wildman–Crippen LogP) is 6.43. The molecule has 1 saturated carbocycles. The Hall–Kier alpha value is -3.59. The van der Waals surface area contributed by atoms with E-state index in [1.807, 2.05) is 44.2 Å². The Morgan fingerprint density at radius 1 is 0.863 bits per heavy atom. The SMILES string of the molecule is CO[C@@H]1C[C@H](CC2[C@H]3CCCN4C(=O)C(=O)[C@]5(O)O[C@@H](CC[C@H]5C)C[C@@H](OCCOC5COC5)/C(C)=C/C=C/C=C/[C@@H](C)C[C@@H](C)C(=O)[C@H](OC)[C@H](O)/C(C)=C/[C@@H](C)C(=O)C[C@@H]2OC(=O)C34)CC[C@H]1OC(F)F. The maximum absolute atomic E-state index is 14.7. The summed E-state index contributed by atoms with van der Waals surface area (Å²) < 4.78 is 72.9. The third kappa shape index (κ3) is 14.9. The average molecular weight is 1030 g/mol. The Balaban J connectivity index is 1.33. The van der Waals surface area contributed by atoms with Gasteiger partial charge in [0.2, 0.25) is 5.79 Å². The molecule has 1 amide bonds. The van der Waals surface area contributed by atoms with Crippen LogP contribution in [0.25, 0.3) is 0 Å². The Kier molecular flexibility index (Phi) is 21.7. The molecule has 1 aliphatic carbocycles. The second-order valence-corrected chi connectivity index (χ2v) is 21.5. The van der Waals surface area contributed by atoms with Crippen LogP contribution in [0.5, 0.6) is 0 Å². The van der Waals surface area contributed by atoms with Gasteiger partial charge in [-0.3, -0.25) is 19.2 Å². The molecule has 73 heavy (non-hydrogen) atoms. The molecule has 0 aromatic carbocycles. The molecule has 5 fully saturated rings. The van der Waals surface area contributed by atoms with Crippen molar-refractivity contribution in [1.29, 1.82) is 0 Å². The fourth-order valence-electron chi connectivity index (χ4n) is 11.8. The van der Waals surface area contributed by atoms with Crippen LogP contribution >= 0.6 is 0 Å². The third-order valence-electron chi connectivity index (χ3n) is 16.2. The number of hydrogen-bond donors (Lipinski definition) is 2. The highest BCUT2D eigenvalue weighted by Crippen LogP contribution is 2.46. The van der Waals surface area contributed by atoms with Crippen LogP contribution in [0.2, 0.25) is 0 Å². The van der Waals surface area contributed by atoms with Gasteiger partial charge in [-0.1, -0.05) is 64.2 Å². The molecule has 0 aromatic heterocycles. The maximum Gasteiger partial charge on any atom is 0.345 e. The lowest BCUT2D eigenvalue weighted by molar-refractivity contribution is -0.266. The van der Waals surface area contributed by atoms with E-state index in [9.17, 15) is 43.0 Å². The maximum atomic E-state index is 14.7. The first-order chi connectivity index (χ1) is 34.8. The van der Waals surface area contributed by atoms with Gasteiger partial charge in [0.15, 0.2) is 5.78 Å². The predicted molar refractivity (Wildman–Crippen MR) is 263 cm³/mol. The number of fused-ring (bicyclic) bond motifs is 4. The number of aliphatic hydroxyl groups excluding tert-OH is 1. The van der Waals surface area contributed by atoms with Gasteiger partial charge in [0.1, 0.15) is 36.2 Å². The molecule has 16 atom stereocenters. The van der Waals surface area contributed by atoms with Crippen molar-refractivity contribution in [2.24, 2.45) is 41.4 Å². The summed E-state index contributed by atoms with van der Waals surface area (Å²) in [7, 11) is 2.80. The molecule has 18 heteroatoms. The normalized spacial score (nSPS) is 40.6. The standard InChI is InChI=1S/C55H81F2NO15/c1-31-13-10-9-11-14-32(2)44(70-22-21-69-39-29-68-30-39)27-38-18-16-36(6)55(65,73-38)51(62)52(63)58-20-12-15-40-41(25-37-17-19-43(72-54(56)57)46(26-37)66-7)45(71-53(64)47(40)58)28-42(59)33(3)24-35(5)49(61)50(67-8)48(60)34(4)23-31/h9-11,13-14,24,31,33-34,36-41,43-47,49-50,54,61,65H,12,15-23,25-30H2,1-8H3/b11-9+,13-10+,32-14+,35-24+/t31-,33-,34-,36-,37+,38+,40-,41?,43-,44-,45+,46-,47?,49-,50+,55-/m1/s1. The van der Waals surface area contributed by atoms with Gasteiger partial charge < -0.3 is 53.0 Å². The summed E-state index contributed by atoms with van der Waals surface area (Å²) in [6, 6.07) is -1.22. The lowest BCUT2D eigenvalue weighted by Gasteiger charge is -2.50. The fourth-order valence-corrected chi connectivity index (χ4v) is 11.8. The molecular weight excluding hydrogens is 953 g/mol. The molecule has 4 bridgehead atoms. The number of halogens is 2. The van der Waals surface area contributed by atoms with E-state index in [1.165, 1.54) is 19.1 Å². The van der Waals surface area contributed by atoms with E-state index in [2.05, 4.69) is 0 Å². The summed E-state index contributed by atoms with van der Waals surface area (Å²) in [5.74, 6) is -9.47. The van der Waals surface area contributed by atoms with E-state index in [0.717, 1.165) is 5.57 Å². The van der Waals surface area contributed by atoms with Gasteiger partial charge in [0.25, 0.3) is 11.7 Å². The van der Waals surface area contributed by atoms with Gasteiger partial charge in [0.05, 0.1) is 50.8 Å². The highest BCUT2D eigenvalue weighted by atomic mass is 19.3. The molecule has 6 rings (SSSR count). The van der Waals surface area contributed by atoms with Gasteiger partial charge in [-0.15, -0.1) is 0 Å². The minimum Gasteiger partial charge on any atom is -0.460 e. The number of methoxy groups -OCH3 is 2. The van der Waals surface area contributed by atoms with Crippen LogP contribution in [0.1, 0.15) is 112 Å². The zero-order chi connectivity index (χ0) is 53.1. The lowest BCUT2D eigenvalue weighted by atomic mass is 9.68. The third-order valence-corrected chi connectivity index (χ3v) is 16.2. The quantitative estimate of drug-likeness (QED) is 0.0991. The molecule has 2 unspecified atom stereocenters. The summed E-state index contributed by atoms with van der Waals surface area (Å²) in [6.45, 7) is 9.27. The number of amides is 1. The molecule has 5 heterocycles. The minimum absolute atomic E-state index is 0.000429. The number of nitrogens with zero attached hydrogens (tertiary/aromatic N) is 1. The molecule has 6 aliphatic rings. The molecule has 0 aromatic rings. The molecule has 4 saturated heterocycles. The fraction of sp³-hybridized carbons (Fsp3) is 0.764. The number of Topliss-reactive ketones (excluding diaryl/α,β-unsaturated/α-hetero) is 3. The van der Waals surface area contributed by atoms with Crippen LogP contribution in [0, 0.1) is 41.4 Å². The summed E-state index contributed by atoms with van der Waals surface area (Å²) in [5, 5.41) is 23.7. The zero-order valence-corrected chi connectivity index (χ0v) is 44.0. The van der Waals surface area contributed by atoms with Crippen molar-refractivity contribution in [2.45, 2.75) is 179 Å². The highest BCUT2D eigenvalue weighted by molar-refractivity contribution is 6.39. The average Bonchev–Trinajstić information content (AvgIpc) is 3.34. The first-order valence-corrected chi connectivity index (χ1v) is 26.5. The molecule has 16 nitrogen and oxygen atoms in total. The first kappa shape index (κ1) is 58.7. The molecular formula is C55H81F2NO15. The van der Waals surface area contributed by atoms with Crippen molar-refractivity contribution >= 4 is 29.2 Å².